The normalized spacial score (nSPS) is 25.7. The average Bonchev–Trinajstić information content (AvgIpc) is 3.80. The second-order valence-corrected chi connectivity index (χ2v) is 11.5. The predicted molar refractivity (Wildman–Crippen MR) is 150 cm³/mol. The monoisotopic (exact) mass is 578 g/mol. The number of piperidine rings is 1. The molecule has 3 aliphatic rings. The van der Waals surface area contributed by atoms with E-state index >= 15 is 0 Å². The zero-order valence-corrected chi connectivity index (χ0v) is 23.8. The number of carbonyl (C=O) groups excluding carboxylic acids is 1. The number of allylic oxidation sites excluding steroid dienone is 3. The van der Waals surface area contributed by atoms with Crippen molar-refractivity contribution in [3.8, 4) is 0 Å². The molecule has 2 saturated heterocycles. The fourth-order valence-corrected chi connectivity index (χ4v) is 6.25. The molecule has 226 valence electrons. The lowest BCUT2D eigenvalue weighted by Crippen LogP contribution is -2.57. The number of hydrogen-bond acceptors (Lipinski definition) is 4. The van der Waals surface area contributed by atoms with Gasteiger partial charge in [0.05, 0.1) is 6.61 Å². The summed E-state index contributed by atoms with van der Waals surface area (Å²) in [4.78, 5) is 16.0. The van der Waals surface area contributed by atoms with Crippen molar-refractivity contribution in [1.82, 2.24) is 10.2 Å². The van der Waals surface area contributed by atoms with E-state index in [1.807, 2.05) is 31.2 Å². The molecular formula is C32H42F4N2O3. The highest BCUT2D eigenvalue weighted by atomic mass is 19.4. The second kappa shape index (κ2) is 14.0. The number of nitrogens with zero attached hydrogens (tertiary/aromatic N) is 1. The number of likely N-dealkylation sites (tertiary alicyclic amines) is 1. The summed E-state index contributed by atoms with van der Waals surface area (Å²) in [5.41, 5.74) is 0.346. The lowest BCUT2D eigenvalue weighted by atomic mass is 9.84. The Hall–Kier alpha value is -2.65. The summed E-state index contributed by atoms with van der Waals surface area (Å²) in [6.07, 6.45) is 7.49. The van der Waals surface area contributed by atoms with Crippen LogP contribution in [0.1, 0.15) is 69.8 Å². The molecule has 1 N–H and O–H groups in total. The summed E-state index contributed by atoms with van der Waals surface area (Å²) < 4.78 is 62.1. The van der Waals surface area contributed by atoms with Gasteiger partial charge in [0.15, 0.2) is 0 Å². The molecule has 1 amide bonds. The minimum Gasteiger partial charge on any atom is -0.410 e. The number of nitrogens with one attached hydrogen (secondary N) is 1. The van der Waals surface area contributed by atoms with Crippen molar-refractivity contribution in [1.29, 1.82) is 0 Å². The highest BCUT2D eigenvalue weighted by Gasteiger charge is 2.54. The lowest BCUT2D eigenvalue weighted by molar-refractivity contribution is -0.306. The zero-order valence-electron chi connectivity index (χ0n) is 23.8. The molecule has 1 aliphatic carbocycles. The number of benzene rings is 1. The fourth-order valence-electron chi connectivity index (χ4n) is 6.25. The molecule has 2 heterocycles. The highest BCUT2D eigenvalue weighted by molar-refractivity contribution is 5.86. The van der Waals surface area contributed by atoms with Gasteiger partial charge in [-0.3, -0.25) is 9.69 Å². The van der Waals surface area contributed by atoms with Crippen LogP contribution in [0.2, 0.25) is 0 Å². The Morgan fingerprint density at radius 2 is 1.90 bits per heavy atom. The molecule has 0 aromatic heterocycles. The quantitative estimate of drug-likeness (QED) is 0.164. The number of halogens is 4. The van der Waals surface area contributed by atoms with Gasteiger partial charge in [0.1, 0.15) is 17.2 Å². The predicted octanol–water partition coefficient (Wildman–Crippen LogP) is 7.03. The second-order valence-electron chi connectivity index (χ2n) is 11.5. The lowest BCUT2D eigenvalue weighted by Gasteiger charge is -2.45. The molecular weight excluding hydrogens is 536 g/mol. The van der Waals surface area contributed by atoms with Gasteiger partial charge in [-0.15, -0.1) is 19.8 Å². The minimum atomic E-state index is -4.76. The Morgan fingerprint density at radius 3 is 2.46 bits per heavy atom. The van der Waals surface area contributed by atoms with Gasteiger partial charge >= 0.3 is 6.36 Å². The molecule has 0 spiro atoms. The summed E-state index contributed by atoms with van der Waals surface area (Å²) >= 11 is 0. The van der Waals surface area contributed by atoms with Gasteiger partial charge in [-0.05, 0) is 106 Å². The van der Waals surface area contributed by atoms with Crippen molar-refractivity contribution >= 4 is 5.91 Å². The average molecular weight is 579 g/mol. The van der Waals surface area contributed by atoms with Gasteiger partial charge in [0.2, 0.25) is 0 Å². The molecule has 2 aliphatic heterocycles. The Bertz CT molecular complexity index is 1070. The first-order valence-electron chi connectivity index (χ1n) is 14.7. The van der Waals surface area contributed by atoms with Crippen LogP contribution in [0.4, 0.5) is 17.6 Å². The number of carbonyl (C=O) groups is 1. The van der Waals surface area contributed by atoms with Crippen LogP contribution in [0.25, 0.3) is 0 Å². The van der Waals surface area contributed by atoms with E-state index in [1.54, 1.807) is 0 Å². The van der Waals surface area contributed by atoms with Crippen molar-refractivity contribution in [2.45, 2.75) is 82.2 Å². The maximum atomic E-state index is 13.5. The first kappa shape index (κ1) is 31.3. The van der Waals surface area contributed by atoms with Crippen LogP contribution in [0, 0.1) is 17.7 Å². The maximum absolute atomic E-state index is 13.5. The minimum absolute atomic E-state index is 0.0296. The van der Waals surface area contributed by atoms with Crippen LogP contribution >= 0.6 is 0 Å². The molecule has 3 atom stereocenters. The van der Waals surface area contributed by atoms with Crippen molar-refractivity contribution in [3.63, 3.8) is 0 Å². The van der Waals surface area contributed by atoms with E-state index in [9.17, 15) is 22.4 Å². The SMILES string of the molecule is C=CC/C(=C\CC(C=CC)CNC(=O)[C@@]1(C2CC2)CCC(N2CCC(c3ccc(F)cc3)CC2)CO1)OC(F)(F)F. The summed E-state index contributed by atoms with van der Waals surface area (Å²) in [5.74, 6) is -0.0877. The molecule has 0 radical (unpaired) electrons. The Labute approximate surface area is 240 Å². The van der Waals surface area contributed by atoms with Crippen molar-refractivity contribution in [2.24, 2.45) is 11.8 Å². The highest BCUT2D eigenvalue weighted by Crippen LogP contribution is 2.47. The zero-order chi connectivity index (χ0) is 29.5. The number of amides is 1. The third-order valence-corrected chi connectivity index (χ3v) is 8.62. The van der Waals surface area contributed by atoms with Crippen LogP contribution < -0.4 is 5.32 Å². The maximum Gasteiger partial charge on any atom is 0.572 e. The van der Waals surface area contributed by atoms with Crippen LogP contribution in [0.15, 0.2) is 60.9 Å². The third kappa shape index (κ3) is 8.67. The van der Waals surface area contributed by atoms with Crippen molar-refractivity contribution in [3.05, 3.63) is 72.3 Å². The molecule has 1 saturated carbocycles. The summed E-state index contributed by atoms with van der Waals surface area (Å²) in [6.45, 7) is 8.04. The van der Waals surface area contributed by atoms with Crippen LogP contribution in [0.5, 0.6) is 0 Å². The standard InChI is InChI=1S/C32H42F4N2O3/c1-3-5-23(7-14-29(6-4-2)41-32(34,35)36)21-37-30(39)31(26-10-11-26)18-15-28(22-40-31)38-19-16-25(17-20-38)24-8-12-27(33)13-9-24/h3-5,8-9,12-14,23,25-26,28H,2,6-7,10-11,15-22H2,1H3,(H,37,39)/b5-3?,29-14+/t23?,28?,31-/m0/s1. The largest absolute Gasteiger partial charge is 0.572 e. The Morgan fingerprint density at radius 1 is 1.20 bits per heavy atom. The summed E-state index contributed by atoms with van der Waals surface area (Å²) in [6, 6.07) is 7.09. The van der Waals surface area contributed by atoms with E-state index in [2.05, 4.69) is 21.5 Å². The first-order valence-corrected chi connectivity index (χ1v) is 14.7. The number of ether oxygens (including phenoxy) is 2. The number of alkyl halides is 3. The summed E-state index contributed by atoms with van der Waals surface area (Å²) in [7, 11) is 0. The fraction of sp³-hybridized carbons (Fsp3) is 0.594. The van der Waals surface area contributed by atoms with E-state index < -0.39 is 12.0 Å². The molecule has 5 nitrogen and oxygen atoms in total. The van der Waals surface area contributed by atoms with Gasteiger partial charge in [-0.1, -0.05) is 30.4 Å². The van der Waals surface area contributed by atoms with E-state index in [0.717, 1.165) is 45.2 Å². The van der Waals surface area contributed by atoms with Gasteiger partial charge < -0.3 is 14.8 Å². The van der Waals surface area contributed by atoms with Gasteiger partial charge in [-0.2, -0.15) is 0 Å². The summed E-state index contributed by atoms with van der Waals surface area (Å²) in [5, 5.41) is 3.06. The molecule has 41 heavy (non-hydrogen) atoms. The molecule has 1 aromatic carbocycles. The van der Waals surface area contributed by atoms with E-state index in [1.165, 1.54) is 29.8 Å². The molecule has 0 bridgehead atoms. The van der Waals surface area contributed by atoms with Crippen molar-refractivity contribution in [2.75, 3.05) is 26.2 Å². The topological polar surface area (TPSA) is 50.8 Å². The van der Waals surface area contributed by atoms with Crippen LogP contribution in [-0.2, 0) is 14.3 Å². The Balaban J connectivity index is 1.29. The molecule has 4 rings (SSSR count). The number of rotatable bonds is 12. The van der Waals surface area contributed by atoms with E-state index in [0.29, 0.717) is 25.5 Å². The van der Waals surface area contributed by atoms with Gasteiger partial charge in [0, 0.05) is 19.0 Å². The smallest absolute Gasteiger partial charge is 0.410 e. The van der Waals surface area contributed by atoms with Gasteiger partial charge in [-0.25, -0.2) is 4.39 Å². The Kier molecular flexibility index (Phi) is 10.7. The number of hydrogen-bond donors (Lipinski definition) is 1. The van der Waals surface area contributed by atoms with E-state index in [4.69, 9.17) is 4.74 Å². The molecule has 3 fully saturated rings. The van der Waals surface area contributed by atoms with E-state index in [-0.39, 0.29) is 48.2 Å². The van der Waals surface area contributed by atoms with Gasteiger partial charge in [0.25, 0.3) is 5.91 Å². The van der Waals surface area contributed by atoms with Crippen molar-refractivity contribution < 1.29 is 31.8 Å². The third-order valence-electron chi connectivity index (χ3n) is 8.62. The molecule has 9 heteroatoms. The van der Waals surface area contributed by atoms with Crippen LogP contribution in [-0.4, -0.2) is 55.1 Å². The molecule has 2 unspecified atom stereocenters. The first-order chi connectivity index (χ1) is 19.6. The van der Waals surface area contributed by atoms with Crippen LogP contribution in [0.3, 0.4) is 0 Å². The molecule has 1 aromatic rings.